The highest BCUT2D eigenvalue weighted by Crippen LogP contribution is 2.20. The summed E-state index contributed by atoms with van der Waals surface area (Å²) >= 11 is 2.93. The zero-order valence-corrected chi connectivity index (χ0v) is 12.3. The van der Waals surface area contributed by atoms with E-state index in [2.05, 4.69) is 10.1 Å². The molecule has 0 amide bonds. The van der Waals surface area contributed by atoms with E-state index in [1.807, 2.05) is 48.7 Å². The van der Waals surface area contributed by atoms with Crippen LogP contribution in [0, 0.1) is 0 Å². The lowest BCUT2D eigenvalue weighted by atomic mass is 10.2. The van der Waals surface area contributed by atoms with E-state index in [0.717, 1.165) is 9.90 Å². The molecule has 0 fully saturated rings. The molecule has 4 nitrogen and oxygen atoms in total. The maximum atomic E-state index is 12.0. The summed E-state index contributed by atoms with van der Waals surface area (Å²) in [5.41, 5.74) is 1.57. The van der Waals surface area contributed by atoms with E-state index < -0.39 is 0 Å². The fraction of sp³-hybridized carbons (Fsp3) is 0.0714. The molecule has 0 unspecified atom stereocenters. The van der Waals surface area contributed by atoms with Crippen LogP contribution in [0.4, 0.5) is 0 Å². The second-order valence-corrected chi connectivity index (χ2v) is 6.04. The molecule has 100 valence electrons. The maximum absolute atomic E-state index is 12.0. The Morgan fingerprint density at radius 3 is 2.80 bits per heavy atom. The van der Waals surface area contributed by atoms with E-state index in [9.17, 15) is 4.79 Å². The van der Waals surface area contributed by atoms with Crippen molar-refractivity contribution in [3.63, 3.8) is 0 Å². The standard InChI is InChI=1S/C14H11N3OS2/c1-19-14-16-17-12(18)9-11(15-13(17)20-14)8-7-10-5-3-2-4-6-10/h2-9H,1H3/b8-7+. The van der Waals surface area contributed by atoms with Crippen LogP contribution in [0.15, 0.2) is 45.5 Å². The van der Waals surface area contributed by atoms with E-state index in [1.165, 1.54) is 33.7 Å². The van der Waals surface area contributed by atoms with Gasteiger partial charge >= 0.3 is 0 Å². The fourth-order valence-electron chi connectivity index (χ4n) is 1.72. The average molecular weight is 301 g/mol. The number of thioether (sulfide) groups is 1. The van der Waals surface area contributed by atoms with Crippen molar-refractivity contribution in [3.8, 4) is 0 Å². The third-order valence-corrected chi connectivity index (χ3v) is 4.55. The predicted molar refractivity (Wildman–Crippen MR) is 84.3 cm³/mol. The predicted octanol–water partition coefficient (Wildman–Crippen LogP) is 3.04. The molecule has 0 aliphatic rings. The summed E-state index contributed by atoms with van der Waals surface area (Å²) < 4.78 is 2.18. The monoisotopic (exact) mass is 301 g/mol. The van der Waals surface area contributed by atoms with Gasteiger partial charge in [-0.2, -0.15) is 4.52 Å². The molecule has 3 rings (SSSR count). The van der Waals surface area contributed by atoms with Crippen molar-refractivity contribution in [3.05, 3.63) is 58.0 Å². The highest BCUT2D eigenvalue weighted by atomic mass is 32.2. The highest BCUT2D eigenvalue weighted by Gasteiger charge is 2.06. The van der Waals surface area contributed by atoms with Crippen LogP contribution in [-0.4, -0.2) is 20.9 Å². The van der Waals surface area contributed by atoms with Crippen molar-refractivity contribution in [1.29, 1.82) is 0 Å². The first-order chi connectivity index (χ1) is 9.76. The molecule has 0 saturated carbocycles. The quantitative estimate of drug-likeness (QED) is 0.698. The fourth-order valence-corrected chi connectivity index (χ4v) is 3.09. The number of nitrogens with zero attached hydrogens (tertiary/aromatic N) is 3. The summed E-state index contributed by atoms with van der Waals surface area (Å²) in [5, 5.41) is 4.19. The minimum atomic E-state index is -0.153. The van der Waals surface area contributed by atoms with Gasteiger partial charge in [-0.1, -0.05) is 59.5 Å². The van der Waals surface area contributed by atoms with Crippen LogP contribution in [0.1, 0.15) is 11.3 Å². The van der Waals surface area contributed by atoms with Gasteiger partial charge in [-0.05, 0) is 17.9 Å². The van der Waals surface area contributed by atoms with Gasteiger partial charge in [0.2, 0.25) is 4.96 Å². The van der Waals surface area contributed by atoms with Gasteiger partial charge in [-0.15, -0.1) is 5.10 Å². The van der Waals surface area contributed by atoms with Gasteiger partial charge < -0.3 is 0 Å². The Kier molecular flexibility index (Phi) is 3.66. The zero-order chi connectivity index (χ0) is 13.9. The Morgan fingerprint density at radius 1 is 1.25 bits per heavy atom. The van der Waals surface area contributed by atoms with Gasteiger partial charge in [0.1, 0.15) is 0 Å². The molecular formula is C14H11N3OS2. The Bertz CT molecular complexity index is 821. The minimum Gasteiger partial charge on any atom is -0.267 e. The van der Waals surface area contributed by atoms with Crippen LogP contribution in [0.25, 0.3) is 17.1 Å². The summed E-state index contributed by atoms with van der Waals surface area (Å²) in [6.45, 7) is 0. The first-order valence-electron chi connectivity index (χ1n) is 5.94. The molecule has 3 aromatic rings. The van der Waals surface area contributed by atoms with E-state index in [1.54, 1.807) is 0 Å². The molecule has 0 bridgehead atoms. The third-order valence-electron chi connectivity index (χ3n) is 2.67. The first kappa shape index (κ1) is 13.1. The lowest BCUT2D eigenvalue weighted by Gasteiger charge is -1.94. The van der Waals surface area contributed by atoms with Gasteiger partial charge in [-0.25, -0.2) is 4.98 Å². The molecule has 0 aliphatic heterocycles. The number of rotatable bonds is 3. The van der Waals surface area contributed by atoms with E-state index >= 15 is 0 Å². The van der Waals surface area contributed by atoms with Crippen LogP contribution in [0.2, 0.25) is 0 Å². The van der Waals surface area contributed by atoms with E-state index in [4.69, 9.17) is 0 Å². The normalized spacial score (nSPS) is 11.4. The van der Waals surface area contributed by atoms with Crippen molar-refractivity contribution < 1.29 is 0 Å². The van der Waals surface area contributed by atoms with Crippen molar-refractivity contribution >= 4 is 40.2 Å². The SMILES string of the molecule is CSc1nn2c(=O)cc(/C=C/c3ccccc3)nc2s1. The topological polar surface area (TPSA) is 47.3 Å². The number of fused-ring (bicyclic) bond motifs is 1. The molecule has 0 saturated heterocycles. The van der Waals surface area contributed by atoms with Crippen molar-refractivity contribution in [1.82, 2.24) is 14.6 Å². The summed E-state index contributed by atoms with van der Waals surface area (Å²) in [6.07, 6.45) is 5.71. The number of hydrogen-bond acceptors (Lipinski definition) is 5. The molecule has 1 aromatic carbocycles. The Labute approximate surface area is 123 Å². The molecule has 0 N–H and O–H groups in total. The van der Waals surface area contributed by atoms with Gasteiger partial charge in [0.25, 0.3) is 5.56 Å². The number of hydrogen-bond donors (Lipinski definition) is 0. The highest BCUT2D eigenvalue weighted by molar-refractivity contribution is 8.00. The Hall–Kier alpha value is -1.92. The summed E-state index contributed by atoms with van der Waals surface area (Å²) in [7, 11) is 0. The summed E-state index contributed by atoms with van der Waals surface area (Å²) in [6, 6.07) is 11.4. The summed E-state index contributed by atoms with van der Waals surface area (Å²) in [4.78, 5) is 17.0. The Morgan fingerprint density at radius 2 is 2.05 bits per heavy atom. The molecule has 20 heavy (non-hydrogen) atoms. The van der Waals surface area contributed by atoms with Crippen LogP contribution >= 0.6 is 23.1 Å². The maximum Gasteiger partial charge on any atom is 0.275 e. The zero-order valence-electron chi connectivity index (χ0n) is 10.7. The smallest absolute Gasteiger partial charge is 0.267 e. The van der Waals surface area contributed by atoms with Crippen molar-refractivity contribution in [2.45, 2.75) is 4.34 Å². The van der Waals surface area contributed by atoms with Crippen LogP contribution in [0.5, 0.6) is 0 Å². The number of aromatic nitrogens is 3. The third kappa shape index (κ3) is 2.66. The minimum absolute atomic E-state index is 0.153. The summed E-state index contributed by atoms with van der Waals surface area (Å²) in [5.74, 6) is 0. The second-order valence-electron chi connectivity index (χ2n) is 4.03. The second kappa shape index (κ2) is 5.60. The van der Waals surface area contributed by atoms with Gasteiger partial charge in [-0.3, -0.25) is 4.79 Å². The Balaban J connectivity index is 2.00. The van der Waals surface area contributed by atoms with Crippen LogP contribution in [-0.2, 0) is 0 Å². The average Bonchev–Trinajstić information content (AvgIpc) is 2.90. The molecule has 0 radical (unpaired) electrons. The molecular weight excluding hydrogens is 290 g/mol. The molecule has 0 atom stereocenters. The van der Waals surface area contributed by atoms with Gasteiger partial charge in [0.15, 0.2) is 4.34 Å². The van der Waals surface area contributed by atoms with Crippen molar-refractivity contribution in [2.24, 2.45) is 0 Å². The van der Waals surface area contributed by atoms with E-state index in [0.29, 0.717) is 10.7 Å². The van der Waals surface area contributed by atoms with E-state index in [-0.39, 0.29) is 5.56 Å². The van der Waals surface area contributed by atoms with Gasteiger partial charge in [0, 0.05) is 6.07 Å². The number of benzene rings is 1. The molecule has 6 heteroatoms. The van der Waals surface area contributed by atoms with Crippen molar-refractivity contribution in [2.75, 3.05) is 6.26 Å². The molecule has 0 spiro atoms. The molecule has 0 aliphatic carbocycles. The van der Waals surface area contributed by atoms with Crippen LogP contribution in [0.3, 0.4) is 0 Å². The first-order valence-corrected chi connectivity index (χ1v) is 7.98. The van der Waals surface area contributed by atoms with Gasteiger partial charge in [0.05, 0.1) is 5.69 Å². The molecule has 2 aromatic heterocycles. The lowest BCUT2D eigenvalue weighted by Crippen LogP contribution is -2.14. The van der Waals surface area contributed by atoms with Crippen LogP contribution < -0.4 is 5.56 Å². The lowest BCUT2D eigenvalue weighted by molar-refractivity contribution is 0.856. The largest absolute Gasteiger partial charge is 0.275 e. The molecule has 2 heterocycles.